The van der Waals surface area contributed by atoms with Gasteiger partial charge < -0.3 is 15.2 Å². The van der Waals surface area contributed by atoms with Gasteiger partial charge >= 0.3 is 6.09 Å². The molecule has 1 amide bonds. The minimum absolute atomic E-state index is 0.0737. The lowest BCUT2D eigenvalue weighted by atomic mass is 10.2. The van der Waals surface area contributed by atoms with Crippen LogP contribution in [0.4, 0.5) is 4.79 Å². The number of alkyl carbamates (subject to hydrolysis) is 1. The van der Waals surface area contributed by atoms with Crippen molar-refractivity contribution in [1.82, 2.24) is 5.32 Å². The molecule has 150 valence electrons. The van der Waals surface area contributed by atoms with Gasteiger partial charge in [-0.2, -0.15) is 0 Å². The predicted molar refractivity (Wildman–Crippen MR) is 120 cm³/mol. The lowest BCUT2D eigenvalue weighted by Crippen LogP contribution is -2.49. The van der Waals surface area contributed by atoms with Crippen molar-refractivity contribution in [3.63, 3.8) is 0 Å². The molecule has 1 fully saturated rings. The molecule has 2 aromatic carbocycles. The van der Waals surface area contributed by atoms with E-state index in [9.17, 15) is 9.90 Å². The summed E-state index contributed by atoms with van der Waals surface area (Å²) in [6, 6.07) is 19.2. The third-order valence-electron chi connectivity index (χ3n) is 4.23. The molecule has 2 aromatic rings. The Morgan fingerprint density at radius 1 is 1.11 bits per heavy atom. The molecule has 2 N–H and O–H groups in total. The monoisotopic (exact) mass is 435 g/mol. The first-order chi connectivity index (χ1) is 13.7. The summed E-state index contributed by atoms with van der Waals surface area (Å²) in [5.74, 6) is 2.68. The van der Waals surface area contributed by atoms with E-state index in [4.69, 9.17) is 4.74 Å². The molecule has 0 radical (unpaired) electrons. The molecule has 0 aliphatic carbocycles. The fourth-order valence-electron chi connectivity index (χ4n) is 2.74. The summed E-state index contributed by atoms with van der Waals surface area (Å²) in [7, 11) is 0. The van der Waals surface area contributed by atoms with Gasteiger partial charge in [-0.05, 0) is 35.6 Å². The van der Waals surface area contributed by atoms with Crippen LogP contribution in [0.2, 0.25) is 0 Å². The van der Waals surface area contributed by atoms with Crippen LogP contribution in [-0.4, -0.2) is 45.2 Å². The Morgan fingerprint density at radius 2 is 1.75 bits per heavy atom. The summed E-state index contributed by atoms with van der Waals surface area (Å²) in [6.07, 6.45) is 0.0392. The second kappa shape index (κ2) is 11.7. The van der Waals surface area contributed by atoms with E-state index in [2.05, 4.69) is 5.32 Å². The lowest BCUT2D eigenvalue weighted by molar-refractivity contribution is 0.113. The number of carbonyl (C=O) groups is 1. The van der Waals surface area contributed by atoms with Gasteiger partial charge in [-0.1, -0.05) is 48.5 Å². The molecule has 1 saturated heterocycles. The molecule has 0 spiro atoms. The number of ether oxygens (including phenoxy) is 1. The zero-order valence-corrected chi connectivity index (χ0v) is 18.0. The molecule has 3 rings (SSSR count). The quantitative estimate of drug-likeness (QED) is 0.590. The molecular formula is C21H25NO3S3. The highest BCUT2D eigenvalue weighted by Crippen LogP contribution is 2.35. The first-order valence-electron chi connectivity index (χ1n) is 9.29. The Labute approximate surface area is 179 Å². The number of hydrogen-bond acceptors (Lipinski definition) is 6. The molecule has 1 aliphatic heterocycles. The first kappa shape index (κ1) is 21.4. The number of amides is 1. The van der Waals surface area contributed by atoms with Crippen molar-refractivity contribution >= 4 is 41.4 Å². The van der Waals surface area contributed by atoms with Crippen LogP contribution >= 0.6 is 35.3 Å². The van der Waals surface area contributed by atoms with Gasteiger partial charge in [-0.15, -0.1) is 35.3 Å². The number of aliphatic hydroxyl groups is 1. The number of thioether (sulfide) groups is 3. The number of nitrogens with one attached hydrogen (secondary N) is 1. The number of hydrogen-bond donors (Lipinski definition) is 2. The molecule has 2 atom stereocenters. The Balaban J connectivity index is 1.58. The van der Waals surface area contributed by atoms with Crippen LogP contribution in [0.3, 0.4) is 0 Å². The summed E-state index contributed by atoms with van der Waals surface area (Å²) < 4.78 is 5.44. The molecule has 4 nitrogen and oxygen atoms in total. The summed E-state index contributed by atoms with van der Waals surface area (Å²) >= 11 is 5.17. The maximum atomic E-state index is 12.4. The minimum atomic E-state index is -0.629. The summed E-state index contributed by atoms with van der Waals surface area (Å²) in [4.78, 5) is 13.5. The Hall–Kier alpha value is -1.28. The zero-order chi connectivity index (χ0) is 19.6. The van der Waals surface area contributed by atoms with Crippen molar-refractivity contribution in [3.8, 4) is 0 Å². The molecule has 7 heteroatoms. The van der Waals surface area contributed by atoms with Crippen molar-refractivity contribution in [3.05, 3.63) is 66.2 Å². The van der Waals surface area contributed by atoms with E-state index >= 15 is 0 Å². The number of rotatable bonds is 8. The van der Waals surface area contributed by atoms with Gasteiger partial charge in [0.25, 0.3) is 0 Å². The van der Waals surface area contributed by atoms with Crippen molar-refractivity contribution in [2.75, 3.05) is 17.3 Å². The Bertz CT molecular complexity index is 711. The predicted octanol–water partition coefficient (Wildman–Crippen LogP) is 4.63. The number of carbonyl (C=O) groups excluding carboxylic acids is 1. The van der Waals surface area contributed by atoms with Gasteiger partial charge in [-0.3, -0.25) is 0 Å². The highest BCUT2D eigenvalue weighted by Gasteiger charge is 2.31. The molecule has 28 heavy (non-hydrogen) atoms. The van der Waals surface area contributed by atoms with Gasteiger partial charge in [0.1, 0.15) is 6.61 Å². The molecule has 0 saturated carbocycles. The van der Waals surface area contributed by atoms with Gasteiger partial charge in [0, 0.05) is 10.6 Å². The van der Waals surface area contributed by atoms with E-state index in [1.165, 1.54) is 0 Å². The van der Waals surface area contributed by atoms with Crippen LogP contribution in [0.15, 0.2) is 65.6 Å². The van der Waals surface area contributed by atoms with E-state index in [-0.39, 0.29) is 17.2 Å². The lowest BCUT2D eigenvalue weighted by Gasteiger charge is -2.31. The third kappa shape index (κ3) is 6.95. The highest BCUT2D eigenvalue weighted by molar-refractivity contribution is 8.17. The van der Waals surface area contributed by atoms with E-state index in [1.807, 2.05) is 60.7 Å². The minimum Gasteiger partial charge on any atom is -0.445 e. The standard InChI is InChI=1S/C21H25NO3S3/c23-19(20-26-12-7-13-27-20)18(15-28-17-10-5-2-6-11-17)22-21(24)25-14-16-8-3-1-4-9-16/h1-6,8-11,18-20,23H,7,12-15H2,(H,22,24)/t18-,19+/m1/s1. The van der Waals surface area contributed by atoms with Crippen LogP contribution < -0.4 is 5.32 Å². The van der Waals surface area contributed by atoms with Crippen LogP contribution in [0.25, 0.3) is 0 Å². The zero-order valence-electron chi connectivity index (χ0n) is 15.5. The average Bonchev–Trinajstić information content (AvgIpc) is 2.76. The molecule has 0 aromatic heterocycles. The van der Waals surface area contributed by atoms with E-state index in [0.717, 1.165) is 28.4 Å². The first-order valence-corrected chi connectivity index (χ1v) is 12.4. The maximum absolute atomic E-state index is 12.4. The van der Waals surface area contributed by atoms with E-state index < -0.39 is 12.2 Å². The molecule has 0 unspecified atom stereocenters. The maximum Gasteiger partial charge on any atom is 0.407 e. The van der Waals surface area contributed by atoms with Crippen molar-refractivity contribution in [2.45, 2.75) is 34.7 Å². The largest absolute Gasteiger partial charge is 0.445 e. The summed E-state index contributed by atoms with van der Waals surface area (Å²) in [5.41, 5.74) is 0.937. The van der Waals surface area contributed by atoms with Crippen molar-refractivity contribution in [2.24, 2.45) is 0 Å². The molecule has 1 aliphatic rings. The van der Waals surface area contributed by atoms with Crippen molar-refractivity contribution in [1.29, 1.82) is 0 Å². The SMILES string of the molecule is O=C(N[C@H](CSc1ccccc1)[C@H](O)C1SCCCS1)OCc1ccccc1. The van der Waals surface area contributed by atoms with Crippen molar-refractivity contribution < 1.29 is 14.6 Å². The second-order valence-electron chi connectivity index (χ2n) is 6.39. The fraction of sp³-hybridized carbons (Fsp3) is 0.381. The van der Waals surface area contributed by atoms with Crippen LogP contribution in [0.5, 0.6) is 0 Å². The number of benzene rings is 2. The fourth-order valence-corrected chi connectivity index (χ4v) is 6.74. The highest BCUT2D eigenvalue weighted by atomic mass is 32.2. The smallest absolute Gasteiger partial charge is 0.407 e. The Morgan fingerprint density at radius 3 is 2.43 bits per heavy atom. The van der Waals surface area contributed by atoms with Gasteiger partial charge in [0.05, 0.1) is 16.7 Å². The topological polar surface area (TPSA) is 58.6 Å². The normalized spacial score (nSPS) is 16.9. The number of aliphatic hydroxyl groups excluding tert-OH is 1. The van der Waals surface area contributed by atoms with Gasteiger partial charge in [-0.25, -0.2) is 4.79 Å². The molecular weight excluding hydrogens is 410 g/mol. The van der Waals surface area contributed by atoms with Gasteiger partial charge in [0.2, 0.25) is 0 Å². The van der Waals surface area contributed by atoms with Crippen LogP contribution in [0, 0.1) is 0 Å². The molecule has 1 heterocycles. The Kier molecular flexibility index (Phi) is 8.92. The molecule has 0 bridgehead atoms. The summed E-state index contributed by atoms with van der Waals surface area (Å²) in [5, 5.41) is 13.8. The van der Waals surface area contributed by atoms with Crippen LogP contribution in [-0.2, 0) is 11.3 Å². The van der Waals surface area contributed by atoms with Gasteiger partial charge in [0.15, 0.2) is 0 Å². The van der Waals surface area contributed by atoms with Crippen LogP contribution in [0.1, 0.15) is 12.0 Å². The summed E-state index contributed by atoms with van der Waals surface area (Å²) in [6.45, 7) is 0.217. The van der Waals surface area contributed by atoms with E-state index in [0.29, 0.717) is 5.75 Å². The second-order valence-corrected chi connectivity index (χ2v) is 10.3. The van der Waals surface area contributed by atoms with E-state index in [1.54, 1.807) is 35.3 Å². The average molecular weight is 436 g/mol. The third-order valence-corrected chi connectivity index (χ3v) is 8.44.